The van der Waals surface area contributed by atoms with Crippen molar-refractivity contribution in [2.45, 2.75) is 44.9 Å². The Labute approximate surface area is 141 Å². The molecule has 6 heteroatoms. The summed E-state index contributed by atoms with van der Waals surface area (Å²) in [5.41, 5.74) is 0.651. The number of hydrogen-bond acceptors (Lipinski definition) is 4. The van der Waals surface area contributed by atoms with Gasteiger partial charge in [0.2, 0.25) is 11.8 Å². The van der Waals surface area contributed by atoms with Crippen molar-refractivity contribution in [3.8, 4) is 6.07 Å². The molecule has 2 saturated carbocycles. The van der Waals surface area contributed by atoms with Crippen LogP contribution in [0.3, 0.4) is 0 Å². The van der Waals surface area contributed by atoms with Crippen LogP contribution in [0.25, 0.3) is 0 Å². The molecule has 3 rings (SSSR count). The normalized spacial score (nSPS) is 23.1. The van der Waals surface area contributed by atoms with Gasteiger partial charge in [0.05, 0.1) is 18.0 Å². The molecule has 0 radical (unpaired) electrons. The first kappa shape index (κ1) is 16.4. The van der Waals surface area contributed by atoms with Crippen LogP contribution in [-0.2, 0) is 9.59 Å². The van der Waals surface area contributed by atoms with Gasteiger partial charge < -0.3 is 10.6 Å². The molecule has 126 valence electrons. The summed E-state index contributed by atoms with van der Waals surface area (Å²) in [6.07, 6.45) is 7.67. The van der Waals surface area contributed by atoms with Crippen molar-refractivity contribution in [1.29, 1.82) is 5.26 Å². The van der Waals surface area contributed by atoms with E-state index in [9.17, 15) is 9.59 Å². The molecule has 2 fully saturated rings. The minimum Gasteiger partial charge on any atom is -0.324 e. The predicted molar refractivity (Wildman–Crippen MR) is 89.9 cm³/mol. The Kier molecular flexibility index (Phi) is 5.09. The maximum atomic E-state index is 12.1. The van der Waals surface area contributed by atoms with Crippen LogP contribution in [0.1, 0.15) is 44.9 Å². The lowest BCUT2D eigenvalue weighted by Crippen LogP contribution is -2.28. The lowest BCUT2D eigenvalue weighted by atomic mass is 9.85. The first-order valence-electron chi connectivity index (χ1n) is 8.60. The molecule has 2 atom stereocenters. The van der Waals surface area contributed by atoms with Gasteiger partial charge in [-0.05, 0) is 50.2 Å². The molecule has 2 N–H and O–H groups in total. The third-order valence-electron chi connectivity index (χ3n) is 4.97. The Morgan fingerprint density at radius 2 is 2.04 bits per heavy atom. The predicted octanol–water partition coefficient (Wildman–Crippen LogP) is 3.09. The van der Waals surface area contributed by atoms with Crippen molar-refractivity contribution in [3.63, 3.8) is 0 Å². The van der Waals surface area contributed by atoms with Crippen LogP contribution in [0.5, 0.6) is 0 Å². The molecule has 2 aliphatic carbocycles. The van der Waals surface area contributed by atoms with Crippen LogP contribution < -0.4 is 10.6 Å². The third-order valence-corrected chi connectivity index (χ3v) is 4.97. The highest BCUT2D eigenvalue weighted by Gasteiger charge is 2.26. The maximum Gasteiger partial charge on any atom is 0.227 e. The largest absolute Gasteiger partial charge is 0.324 e. The van der Waals surface area contributed by atoms with Gasteiger partial charge in [-0.3, -0.25) is 9.59 Å². The van der Waals surface area contributed by atoms with E-state index in [4.69, 9.17) is 5.26 Å². The van der Waals surface area contributed by atoms with E-state index in [1.807, 2.05) is 0 Å². The second-order valence-electron chi connectivity index (χ2n) is 6.81. The number of carbonyl (C=O) groups excluding carboxylic acids is 2. The fourth-order valence-electron chi connectivity index (χ4n) is 3.29. The quantitative estimate of drug-likeness (QED) is 0.869. The summed E-state index contributed by atoms with van der Waals surface area (Å²) >= 11 is 0. The third kappa shape index (κ3) is 4.10. The van der Waals surface area contributed by atoms with Gasteiger partial charge in [0.1, 0.15) is 5.82 Å². The molecule has 1 heterocycles. The van der Waals surface area contributed by atoms with E-state index in [0.29, 0.717) is 17.9 Å². The van der Waals surface area contributed by atoms with Crippen LogP contribution in [0.15, 0.2) is 18.3 Å². The highest BCUT2D eigenvalue weighted by Crippen LogP contribution is 2.32. The van der Waals surface area contributed by atoms with Crippen LogP contribution in [0.4, 0.5) is 11.5 Å². The molecule has 2 amide bonds. The SMILES string of the molecule is N#CC1CCC(CC(=O)Nc2ccc(NC(=O)C3CCC3)cn2)C1. The second kappa shape index (κ2) is 7.43. The standard InChI is InChI=1S/C18H22N4O2/c19-10-13-5-4-12(8-13)9-17(23)22-16-7-6-15(11-20-16)21-18(24)14-2-1-3-14/h6-7,11-14H,1-5,8-9H2,(H,21,24)(H,20,22,23). The van der Waals surface area contributed by atoms with Gasteiger partial charge >= 0.3 is 0 Å². The average molecular weight is 326 g/mol. The molecule has 6 nitrogen and oxygen atoms in total. The number of amides is 2. The number of rotatable bonds is 5. The van der Waals surface area contributed by atoms with Crippen molar-refractivity contribution < 1.29 is 9.59 Å². The molecule has 0 aromatic carbocycles. The van der Waals surface area contributed by atoms with Crippen LogP contribution in [-0.4, -0.2) is 16.8 Å². The number of nitrogens with one attached hydrogen (secondary N) is 2. The molecule has 24 heavy (non-hydrogen) atoms. The zero-order valence-corrected chi connectivity index (χ0v) is 13.6. The first-order valence-corrected chi connectivity index (χ1v) is 8.60. The lowest BCUT2D eigenvalue weighted by molar-refractivity contribution is -0.122. The Balaban J connectivity index is 1.46. The summed E-state index contributed by atoms with van der Waals surface area (Å²) in [7, 11) is 0. The molecule has 1 aromatic heterocycles. The summed E-state index contributed by atoms with van der Waals surface area (Å²) in [5.74, 6) is 0.977. The molecular weight excluding hydrogens is 304 g/mol. The Bertz CT molecular complexity index is 646. The number of aromatic nitrogens is 1. The Hall–Kier alpha value is -2.42. The van der Waals surface area contributed by atoms with E-state index in [0.717, 1.165) is 38.5 Å². The summed E-state index contributed by atoms with van der Waals surface area (Å²) in [6.45, 7) is 0. The highest BCUT2D eigenvalue weighted by atomic mass is 16.2. The number of carbonyl (C=O) groups is 2. The molecule has 0 saturated heterocycles. The van der Waals surface area contributed by atoms with E-state index >= 15 is 0 Å². The van der Waals surface area contributed by atoms with Gasteiger partial charge in [0.25, 0.3) is 0 Å². The summed E-state index contributed by atoms with van der Waals surface area (Å²) in [4.78, 5) is 28.1. The van der Waals surface area contributed by atoms with Gasteiger partial charge in [0.15, 0.2) is 0 Å². The van der Waals surface area contributed by atoms with Gasteiger partial charge in [-0.25, -0.2) is 4.98 Å². The van der Waals surface area contributed by atoms with E-state index in [-0.39, 0.29) is 29.6 Å². The average Bonchev–Trinajstić information content (AvgIpc) is 2.95. The molecule has 1 aromatic rings. The summed E-state index contributed by atoms with van der Waals surface area (Å²) in [6, 6.07) is 5.72. The molecular formula is C18H22N4O2. The van der Waals surface area contributed by atoms with Gasteiger partial charge in [-0.2, -0.15) is 5.26 Å². The highest BCUT2D eigenvalue weighted by molar-refractivity contribution is 5.93. The molecule has 2 unspecified atom stereocenters. The lowest BCUT2D eigenvalue weighted by Gasteiger charge is -2.23. The number of nitrogens with zero attached hydrogens (tertiary/aromatic N) is 2. The second-order valence-corrected chi connectivity index (χ2v) is 6.81. The van der Waals surface area contributed by atoms with Gasteiger partial charge in [-0.1, -0.05) is 6.42 Å². The topological polar surface area (TPSA) is 94.9 Å². The van der Waals surface area contributed by atoms with Crippen LogP contribution >= 0.6 is 0 Å². The fourth-order valence-corrected chi connectivity index (χ4v) is 3.29. The van der Waals surface area contributed by atoms with Crippen molar-refractivity contribution in [2.75, 3.05) is 10.6 Å². The number of nitriles is 1. The minimum absolute atomic E-state index is 0.0492. The summed E-state index contributed by atoms with van der Waals surface area (Å²) in [5, 5.41) is 14.5. The monoisotopic (exact) mass is 326 g/mol. The van der Waals surface area contributed by atoms with E-state index in [1.54, 1.807) is 18.3 Å². The van der Waals surface area contributed by atoms with E-state index in [1.165, 1.54) is 0 Å². The summed E-state index contributed by atoms with van der Waals surface area (Å²) < 4.78 is 0. The van der Waals surface area contributed by atoms with Gasteiger partial charge in [-0.15, -0.1) is 0 Å². The fraction of sp³-hybridized carbons (Fsp3) is 0.556. The van der Waals surface area contributed by atoms with Crippen LogP contribution in [0.2, 0.25) is 0 Å². The van der Waals surface area contributed by atoms with Crippen molar-refractivity contribution in [2.24, 2.45) is 17.8 Å². The van der Waals surface area contributed by atoms with E-state index < -0.39 is 0 Å². The van der Waals surface area contributed by atoms with Crippen molar-refractivity contribution >= 4 is 23.3 Å². The number of hydrogen-bond donors (Lipinski definition) is 2. The molecule has 0 bridgehead atoms. The minimum atomic E-state index is -0.0719. The Morgan fingerprint density at radius 3 is 2.62 bits per heavy atom. The Morgan fingerprint density at radius 1 is 1.21 bits per heavy atom. The zero-order valence-electron chi connectivity index (χ0n) is 13.6. The first-order chi connectivity index (χ1) is 11.6. The van der Waals surface area contributed by atoms with E-state index in [2.05, 4.69) is 21.7 Å². The molecule has 2 aliphatic rings. The van der Waals surface area contributed by atoms with Gasteiger partial charge in [0, 0.05) is 18.3 Å². The number of pyridine rings is 1. The maximum absolute atomic E-state index is 12.1. The molecule has 0 aliphatic heterocycles. The molecule has 0 spiro atoms. The van der Waals surface area contributed by atoms with Crippen LogP contribution in [0, 0.1) is 29.1 Å². The zero-order chi connectivity index (χ0) is 16.9. The number of anilines is 2. The smallest absolute Gasteiger partial charge is 0.227 e. The van der Waals surface area contributed by atoms with Crippen molar-refractivity contribution in [1.82, 2.24) is 4.98 Å². The van der Waals surface area contributed by atoms with Crippen molar-refractivity contribution in [3.05, 3.63) is 18.3 Å².